The molecule has 3 heterocycles. The third kappa shape index (κ3) is 4.60. The van der Waals surface area contributed by atoms with Crippen LogP contribution in [0.25, 0.3) is 5.57 Å². The monoisotopic (exact) mass is 449 g/mol. The molecule has 5 nitrogen and oxygen atoms in total. The van der Waals surface area contributed by atoms with Gasteiger partial charge in [0, 0.05) is 25.3 Å². The summed E-state index contributed by atoms with van der Waals surface area (Å²) in [6.45, 7) is 9.46. The van der Waals surface area contributed by atoms with Gasteiger partial charge in [0.05, 0.1) is 17.6 Å². The predicted molar refractivity (Wildman–Crippen MR) is 129 cm³/mol. The lowest BCUT2D eigenvalue weighted by molar-refractivity contribution is -0.120. The van der Waals surface area contributed by atoms with Crippen LogP contribution >= 0.6 is 0 Å². The van der Waals surface area contributed by atoms with Gasteiger partial charge in [0.2, 0.25) is 5.91 Å². The fourth-order valence-electron chi connectivity index (χ4n) is 5.27. The minimum absolute atomic E-state index is 0.149. The van der Waals surface area contributed by atoms with E-state index < -0.39 is 17.6 Å². The van der Waals surface area contributed by atoms with Crippen molar-refractivity contribution < 1.29 is 13.9 Å². The maximum absolute atomic E-state index is 13.9. The molecule has 1 fully saturated rings. The number of rotatable bonds is 7. The standard InChI is InChI=1S/C27H32FN3O2/c1-27(2)22(16-24(33-27)25-21-15-20(28)9-10-23(21)30-26(25)32)19-7-5-18(6-8-19)17-29-11-14-31-12-3-4-13-31/h5-10,15-16,24-25,29H,3-4,11-14,17H2,1-2H3,(H,30,32). The Bertz CT molecular complexity index is 1060. The van der Waals surface area contributed by atoms with E-state index in [0.717, 1.165) is 30.8 Å². The first kappa shape index (κ1) is 22.3. The van der Waals surface area contributed by atoms with E-state index in [2.05, 4.69) is 39.8 Å². The van der Waals surface area contributed by atoms with Gasteiger partial charge < -0.3 is 20.3 Å². The summed E-state index contributed by atoms with van der Waals surface area (Å²) in [7, 11) is 0. The first-order valence-electron chi connectivity index (χ1n) is 11.9. The Labute approximate surface area is 195 Å². The molecular formula is C27H32FN3O2. The van der Waals surface area contributed by atoms with Crippen molar-refractivity contribution in [2.75, 3.05) is 31.5 Å². The molecule has 33 heavy (non-hydrogen) atoms. The van der Waals surface area contributed by atoms with Crippen molar-refractivity contribution in [3.05, 3.63) is 71.0 Å². The van der Waals surface area contributed by atoms with Crippen molar-refractivity contribution in [3.63, 3.8) is 0 Å². The zero-order valence-corrected chi connectivity index (χ0v) is 19.4. The number of hydrogen-bond acceptors (Lipinski definition) is 4. The molecule has 0 radical (unpaired) electrons. The quantitative estimate of drug-likeness (QED) is 0.619. The highest BCUT2D eigenvalue weighted by Gasteiger charge is 2.44. The molecule has 0 aromatic heterocycles. The minimum atomic E-state index is -0.549. The predicted octanol–water partition coefficient (Wildman–Crippen LogP) is 4.31. The van der Waals surface area contributed by atoms with E-state index in [1.54, 1.807) is 6.07 Å². The fraction of sp³-hybridized carbons (Fsp3) is 0.444. The molecule has 3 aliphatic heterocycles. The van der Waals surface area contributed by atoms with E-state index in [-0.39, 0.29) is 11.7 Å². The lowest BCUT2D eigenvalue weighted by Crippen LogP contribution is -2.30. The molecule has 5 rings (SSSR count). The van der Waals surface area contributed by atoms with Crippen LogP contribution in [-0.4, -0.2) is 48.7 Å². The van der Waals surface area contributed by atoms with Crippen LogP contribution in [0.5, 0.6) is 0 Å². The summed E-state index contributed by atoms with van der Waals surface area (Å²) in [6.07, 6.45) is 4.25. The van der Waals surface area contributed by atoms with Crippen molar-refractivity contribution in [3.8, 4) is 0 Å². The molecule has 2 atom stereocenters. The van der Waals surface area contributed by atoms with Crippen LogP contribution in [0.4, 0.5) is 10.1 Å². The molecular weight excluding hydrogens is 417 g/mol. The molecule has 174 valence electrons. The van der Waals surface area contributed by atoms with Gasteiger partial charge in [0.1, 0.15) is 5.82 Å². The maximum Gasteiger partial charge on any atom is 0.234 e. The van der Waals surface area contributed by atoms with Crippen molar-refractivity contribution >= 4 is 17.2 Å². The number of fused-ring (bicyclic) bond motifs is 1. The van der Waals surface area contributed by atoms with E-state index in [1.165, 1.54) is 43.6 Å². The summed E-state index contributed by atoms with van der Waals surface area (Å²) in [4.78, 5) is 15.2. The first-order chi connectivity index (χ1) is 15.9. The topological polar surface area (TPSA) is 53.6 Å². The van der Waals surface area contributed by atoms with Crippen molar-refractivity contribution in [1.29, 1.82) is 0 Å². The maximum atomic E-state index is 13.9. The second kappa shape index (κ2) is 9.01. The van der Waals surface area contributed by atoms with Gasteiger partial charge in [-0.15, -0.1) is 0 Å². The van der Waals surface area contributed by atoms with Crippen LogP contribution < -0.4 is 10.6 Å². The third-order valence-electron chi connectivity index (χ3n) is 7.03. The Balaban J connectivity index is 1.27. The number of carbonyl (C=O) groups excluding carboxylic acids is 1. The van der Waals surface area contributed by atoms with E-state index in [9.17, 15) is 9.18 Å². The van der Waals surface area contributed by atoms with Gasteiger partial charge >= 0.3 is 0 Å². The van der Waals surface area contributed by atoms with Crippen LogP contribution in [0.15, 0.2) is 48.5 Å². The van der Waals surface area contributed by atoms with E-state index in [4.69, 9.17) is 4.74 Å². The molecule has 0 saturated carbocycles. The average molecular weight is 450 g/mol. The van der Waals surface area contributed by atoms with Crippen LogP contribution in [-0.2, 0) is 16.1 Å². The largest absolute Gasteiger partial charge is 0.362 e. The summed E-state index contributed by atoms with van der Waals surface area (Å²) >= 11 is 0. The zero-order valence-electron chi connectivity index (χ0n) is 19.4. The van der Waals surface area contributed by atoms with Gasteiger partial charge in [0.25, 0.3) is 0 Å². The van der Waals surface area contributed by atoms with Gasteiger partial charge in [0.15, 0.2) is 0 Å². The van der Waals surface area contributed by atoms with Crippen LogP contribution in [0, 0.1) is 5.82 Å². The zero-order chi connectivity index (χ0) is 23.0. The number of hydrogen-bond donors (Lipinski definition) is 2. The number of amides is 1. The van der Waals surface area contributed by atoms with Crippen LogP contribution in [0.3, 0.4) is 0 Å². The molecule has 2 N–H and O–H groups in total. The van der Waals surface area contributed by atoms with E-state index in [1.807, 2.05) is 19.9 Å². The number of nitrogens with zero attached hydrogens (tertiary/aromatic N) is 1. The molecule has 2 unspecified atom stereocenters. The molecule has 2 aromatic rings. The molecule has 1 amide bonds. The number of anilines is 1. The number of ether oxygens (including phenoxy) is 1. The van der Waals surface area contributed by atoms with Crippen molar-refractivity contribution in [1.82, 2.24) is 10.2 Å². The Morgan fingerprint density at radius 3 is 2.67 bits per heavy atom. The molecule has 6 heteroatoms. The highest BCUT2D eigenvalue weighted by atomic mass is 19.1. The Hall–Kier alpha value is -2.54. The molecule has 2 aromatic carbocycles. The first-order valence-corrected chi connectivity index (χ1v) is 11.9. The second-order valence-corrected chi connectivity index (χ2v) is 9.79. The Kier molecular flexibility index (Phi) is 6.08. The van der Waals surface area contributed by atoms with Gasteiger partial charge in [-0.25, -0.2) is 4.39 Å². The van der Waals surface area contributed by atoms with Crippen LogP contribution in [0.2, 0.25) is 0 Å². The number of benzene rings is 2. The summed E-state index contributed by atoms with van der Waals surface area (Å²) in [5, 5.41) is 6.40. The summed E-state index contributed by atoms with van der Waals surface area (Å²) in [5.74, 6) is -1.04. The SMILES string of the molecule is CC1(C)OC(C2C(=O)Nc3ccc(F)cc32)C=C1c1ccc(CNCCN2CCCC2)cc1. The smallest absolute Gasteiger partial charge is 0.234 e. The molecule has 1 saturated heterocycles. The molecule has 0 spiro atoms. The normalized spacial score (nSPS) is 24.1. The average Bonchev–Trinajstić information content (AvgIpc) is 3.48. The molecule has 0 bridgehead atoms. The van der Waals surface area contributed by atoms with Crippen molar-refractivity contribution in [2.24, 2.45) is 0 Å². The fourth-order valence-corrected chi connectivity index (χ4v) is 5.27. The second-order valence-electron chi connectivity index (χ2n) is 9.79. The third-order valence-corrected chi connectivity index (χ3v) is 7.03. The molecule has 3 aliphatic rings. The number of halogens is 1. The number of likely N-dealkylation sites (tertiary alicyclic amines) is 1. The van der Waals surface area contributed by atoms with Gasteiger partial charge in [-0.05, 0) is 86.3 Å². The van der Waals surface area contributed by atoms with Gasteiger partial charge in [-0.3, -0.25) is 4.79 Å². The van der Waals surface area contributed by atoms with Gasteiger partial charge in [-0.1, -0.05) is 24.3 Å². The van der Waals surface area contributed by atoms with Gasteiger partial charge in [-0.2, -0.15) is 0 Å². The van der Waals surface area contributed by atoms with E-state index in [0.29, 0.717) is 11.3 Å². The van der Waals surface area contributed by atoms with E-state index >= 15 is 0 Å². The Morgan fingerprint density at radius 1 is 1.15 bits per heavy atom. The highest BCUT2D eigenvalue weighted by molar-refractivity contribution is 6.03. The van der Waals surface area contributed by atoms with Crippen molar-refractivity contribution in [2.45, 2.75) is 50.9 Å². The molecule has 0 aliphatic carbocycles. The summed E-state index contributed by atoms with van der Waals surface area (Å²) in [6, 6.07) is 13.0. The number of carbonyl (C=O) groups is 1. The van der Waals surface area contributed by atoms with Crippen LogP contribution in [0.1, 0.15) is 49.3 Å². The summed E-state index contributed by atoms with van der Waals surface area (Å²) < 4.78 is 20.2. The lowest BCUT2D eigenvalue weighted by Gasteiger charge is -2.26. The highest BCUT2D eigenvalue weighted by Crippen LogP contribution is 2.45. The number of nitrogens with one attached hydrogen (secondary N) is 2. The lowest BCUT2D eigenvalue weighted by atomic mass is 9.90. The summed E-state index contributed by atoms with van der Waals surface area (Å²) in [5.41, 5.74) is 4.16. The minimum Gasteiger partial charge on any atom is -0.362 e. The Morgan fingerprint density at radius 2 is 1.91 bits per heavy atom.